The Morgan fingerprint density at radius 3 is 2.64 bits per heavy atom. The number of β-amino-alcohol motifs (C(OH)–C–C–N with tert-alkyl or cyclic N) is 1. The van der Waals surface area contributed by atoms with Crippen LogP contribution in [0.25, 0.3) is 11.1 Å². The molecule has 2 aliphatic rings. The summed E-state index contributed by atoms with van der Waals surface area (Å²) in [5.74, 6) is 0.403. The van der Waals surface area contributed by atoms with Gasteiger partial charge in [-0.25, -0.2) is 0 Å². The number of aliphatic hydroxyl groups excluding tert-OH is 1. The van der Waals surface area contributed by atoms with E-state index in [2.05, 4.69) is 20.6 Å². The average Bonchev–Trinajstić information content (AvgIpc) is 3.20. The van der Waals surface area contributed by atoms with Gasteiger partial charge in [-0.1, -0.05) is 30.3 Å². The Bertz CT molecular complexity index is 819. The van der Waals surface area contributed by atoms with Gasteiger partial charge < -0.3 is 15.7 Å². The van der Waals surface area contributed by atoms with Crippen LogP contribution in [0.5, 0.6) is 0 Å². The van der Waals surface area contributed by atoms with E-state index in [4.69, 9.17) is 0 Å². The molecule has 2 aromatic rings. The Labute approximate surface area is 146 Å². The van der Waals surface area contributed by atoms with Gasteiger partial charge in [0, 0.05) is 18.9 Å². The third-order valence-corrected chi connectivity index (χ3v) is 4.92. The Balaban J connectivity index is 1.56. The molecule has 0 aliphatic carbocycles. The molecule has 3 heterocycles. The minimum Gasteiger partial charge on any atom is -0.392 e. The number of rotatable bonds is 3. The normalized spacial score (nSPS) is 28.7. The monoisotopic (exact) mass is 336 g/mol. The number of aliphatic hydroxyl groups is 1. The number of hydrogen-bond donors (Lipinski definition) is 3. The molecule has 6 nitrogen and oxygen atoms in total. The number of aromatic nitrogens is 1. The number of hydrogen-bond acceptors (Lipinski definition) is 5. The van der Waals surface area contributed by atoms with Crippen LogP contribution < -0.4 is 10.6 Å². The topological polar surface area (TPSA) is 86.6 Å². The van der Waals surface area contributed by atoms with Gasteiger partial charge in [0.2, 0.25) is 0 Å². The Kier molecular flexibility index (Phi) is 3.86. The lowest BCUT2D eigenvalue weighted by atomic mass is 9.90. The Hall–Kier alpha value is -2.57. The van der Waals surface area contributed by atoms with E-state index in [0.29, 0.717) is 18.8 Å². The van der Waals surface area contributed by atoms with E-state index >= 15 is 0 Å². The predicted octanol–water partition coefficient (Wildman–Crippen LogP) is 1.21. The number of nitrogens with zero attached hydrogens (tertiary/aromatic N) is 2. The lowest BCUT2D eigenvalue weighted by molar-refractivity contribution is -0.122. The van der Waals surface area contributed by atoms with Crippen LogP contribution >= 0.6 is 0 Å². The fourth-order valence-corrected chi connectivity index (χ4v) is 3.37. The molecule has 1 aromatic heterocycles. The molecule has 25 heavy (non-hydrogen) atoms. The first-order valence-corrected chi connectivity index (χ1v) is 8.40. The number of carbonyl (C=O) groups excluding carboxylic acids is 1. The summed E-state index contributed by atoms with van der Waals surface area (Å²) in [6.45, 7) is 2.37. The van der Waals surface area contributed by atoms with Crippen molar-refractivity contribution in [3.63, 3.8) is 0 Å². The molecule has 3 atom stereocenters. The summed E-state index contributed by atoms with van der Waals surface area (Å²) in [5.41, 5.74) is 2.07. The number of carbonyl (C=O) groups is 1. The summed E-state index contributed by atoms with van der Waals surface area (Å²) in [6.07, 6.45) is 3.73. The van der Waals surface area contributed by atoms with Crippen molar-refractivity contribution in [2.75, 3.05) is 6.54 Å². The first-order chi connectivity index (χ1) is 12.1. The summed E-state index contributed by atoms with van der Waals surface area (Å²) in [6, 6.07) is 11.7. The van der Waals surface area contributed by atoms with Crippen molar-refractivity contribution in [2.45, 2.75) is 31.0 Å². The van der Waals surface area contributed by atoms with Gasteiger partial charge in [0.05, 0.1) is 12.1 Å². The van der Waals surface area contributed by atoms with E-state index in [1.54, 1.807) is 6.20 Å². The van der Waals surface area contributed by atoms with E-state index in [9.17, 15) is 9.90 Å². The second-order valence-corrected chi connectivity index (χ2v) is 6.72. The molecule has 0 spiro atoms. The molecule has 1 saturated heterocycles. The SMILES string of the molecule is CC1(c2ccc(-c3cccnc3)cc2)NC(C2C[C@@H](O)CN2)=NC1=O. The lowest BCUT2D eigenvalue weighted by Gasteiger charge is -2.25. The molecular formula is C19H20N4O2. The van der Waals surface area contributed by atoms with Crippen molar-refractivity contribution < 1.29 is 9.90 Å². The smallest absolute Gasteiger partial charge is 0.277 e. The van der Waals surface area contributed by atoms with Crippen molar-refractivity contribution in [2.24, 2.45) is 4.99 Å². The van der Waals surface area contributed by atoms with Crippen molar-refractivity contribution in [1.29, 1.82) is 0 Å². The zero-order valence-electron chi connectivity index (χ0n) is 13.9. The average molecular weight is 336 g/mol. The van der Waals surface area contributed by atoms with Gasteiger partial charge >= 0.3 is 0 Å². The van der Waals surface area contributed by atoms with Gasteiger partial charge in [0.1, 0.15) is 11.4 Å². The molecule has 1 fully saturated rings. The van der Waals surface area contributed by atoms with E-state index in [0.717, 1.165) is 16.7 Å². The van der Waals surface area contributed by atoms with Crippen molar-refractivity contribution in [1.82, 2.24) is 15.6 Å². The minimum absolute atomic E-state index is 0.101. The molecule has 4 rings (SSSR count). The fraction of sp³-hybridized carbons (Fsp3) is 0.316. The van der Waals surface area contributed by atoms with Gasteiger partial charge in [0.25, 0.3) is 5.91 Å². The second-order valence-electron chi connectivity index (χ2n) is 6.72. The third kappa shape index (κ3) is 2.83. The van der Waals surface area contributed by atoms with E-state index < -0.39 is 11.6 Å². The summed E-state index contributed by atoms with van der Waals surface area (Å²) >= 11 is 0. The number of aliphatic imine (C=N–C) groups is 1. The molecule has 3 N–H and O–H groups in total. The molecule has 6 heteroatoms. The highest BCUT2D eigenvalue weighted by atomic mass is 16.3. The lowest BCUT2D eigenvalue weighted by Crippen LogP contribution is -2.47. The van der Waals surface area contributed by atoms with Crippen LogP contribution in [0.15, 0.2) is 53.8 Å². The number of amidine groups is 1. The standard InChI is InChI=1S/C19H20N4O2/c1-19(18(25)22-17(23-19)16-9-15(24)11-21-16)14-6-4-12(5-7-14)13-3-2-8-20-10-13/h2-8,10,15-16,21,24H,9,11H2,1H3,(H,22,23,25)/t15-,16?,19?/m1/s1. The Morgan fingerprint density at radius 2 is 2.00 bits per heavy atom. The van der Waals surface area contributed by atoms with Gasteiger partial charge in [-0.3, -0.25) is 9.78 Å². The minimum atomic E-state index is -0.877. The summed E-state index contributed by atoms with van der Waals surface area (Å²) in [7, 11) is 0. The highest BCUT2D eigenvalue weighted by molar-refractivity contribution is 6.08. The highest BCUT2D eigenvalue weighted by Gasteiger charge is 2.43. The van der Waals surface area contributed by atoms with Crippen molar-refractivity contribution in [3.05, 3.63) is 54.4 Å². The molecule has 1 amide bonds. The zero-order chi connectivity index (χ0) is 17.4. The van der Waals surface area contributed by atoms with Crippen LogP contribution in [0.2, 0.25) is 0 Å². The maximum atomic E-state index is 12.5. The van der Waals surface area contributed by atoms with Crippen LogP contribution in [0.3, 0.4) is 0 Å². The van der Waals surface area contributed by atoms with E-state index in [1.807, 2.05) is 49.5 Å². The van der Waals surface area contributed by atoms with Crippen LogP contribution in [0.1, 0.15) is 18.9 Å². The van der Waals surface area contributed by atoms with Gasteiger partial charge in [-0.05, 0) is 36.1 Å². The zero-order valence-corrected chi connectivity index (χ0v) is 13.9. The molecule has 2 aliphatic heterocycles. The molecule has 0 saturated carbocycles. The first kappa shape index (κ1) is 15.9. The largest absolute Gasteiger partial charge is 0.392 e. The van der Waals surface area contributed by atoms with Crippen LogP contribution in [-0.2, 0) is 10.3 Å². The highest BCUT2D eigenvalue weighted by Crippen LogP contribution is 2.29. The summed E-state index contributed by atoms with van der Waals surface area (Å²) < 4.78 is 0. The molecule has 1 aromatic carbocycles. The molecule has 0 bridgehead atoms. The fourth-order valence-electron chi connectivity index (χ4n) is 3.37. The van der Waals surface area contributed by atoms with Crippen LogP contribution in [0, 0.1) is 0 Å². The summed E-state index contributed by atoms with van der Waals surface area (Å²) in [5, 5.41) is 16.1. The van der Waals surface area contributed by atoms with E-state index in [-0.39, 0.29) is 11.9 Å². The van der Waals surface area contributed by atoms with Gasteiger partial charge in [0.15, 0.2) is 0 Å². The van der Waals surface area contributed by atoms with Crippen molar-refractivity contribution in [3.8, 4) is 11.1 Å². The van der Waals surface area contributed by atoms with Crippen LogP contribution in [-0.4, -0.2) is 40.5 Å². The maximum Gasteiger partial charge on any atom is 0.277 e. The third-order valence-electron chi connectivity index (χ3n) is 4.92. The van der Waals surface area contributed by atoms with Crippen molar-refractivity contribution >= 4 is 11.7 Å². The Morgan fingerprint density at radius 1 is 1.20 bits per heavy atom. The van der Waals surface area contributed by atoms with Gasteiger partial charge in [-0.15, -0.1) is 0 Å². The molecular weight excluding hydrogens is 316 g/mol. The van der Waals surface area contributed by atoms with E-state index in [1.165, 1.54) is 0 Å². The molecule has 128 valence electrons. The second kappa shape index (κ2) is 6.06. The predicted molar refractivity (Wildman–Crippen MR) is 95.0 cm³/mol. The van der Waals surface area contributed by atoms with Crippen LogP contribution in [0.4, 0.5) is 0 Å². The maximum absolute atomic E-state index is 12.5. The number of benzene rings is 1. The molecule has 0 radical (unpaired) electrons. The number of nitrogens with one attached hydrogen (secondary N) is 2. The first-order valence-electron chi connectivity index (χ1n) is 8.40. The number of amides is 1. The number of pyridine rings is 1. The summed E-state index contributed by atoms with van der Waals surface area (Å²) in [4.78, 5) is 20.9. The quantitative estimate of drug-likeness (QED) is 0.784. The van der Waals surface area contributed by atoms with Gasteiger partial charge in [-0.2, -0.15) is 4.99 Å². The molecule has 2 unspecified atom stereocenters.